The first kappa shape index (κ1) is 13.3. The second kappa shape index (κ2) is 4.83. The fourth-order valence-corrected chi connectivity index (χ4v) is 3.64. The van der Waals surface area contributed by atoms with Crippen LogP contribution in [0.5, 0.6) is 0 Å². The van der Waals surface area contributed by atoms with Crippen LogP contribution >= 0.6 is 11.6 Å². The van der Waals surface area contributed by atoms with Crippen molar-refractivity contribution in [3.63, 3.8) is 0 Å². The summed E-state index contributed by atoms with van der Waals surface area (Å²) in [6.45, 7) is 0.278. The van der Waals surface area contributed by atoms with Crippen molar-refractivity contribution in [3.05, 3.63) is 23.4 Å². The summed E-state index contributed by atoms with van der Waals surface area (Å²) < 4.78 is 25.6. The molecule has 1 fully saturated rings. The number of halogens is 1. The lowest BCUT2D eigenvalue weighted by atomic mass is 10.2. The van der Waals surface area contributed by atoms with Crippen LogP contribution in [0.2, 0.25) is 5.02 Å². The third-order valence-electron chi connectivity index (χ3n) is 2.81. The van der Waals surface area contributed by atoms with Crippen LogP contribution in [0.4, 0.5) is 0 Å². The molecule has 8 heteroatoms. The second-order valence-electron chi connectivity index (χ2n) is 3.99. The van der Waals surface area contributed by atoms with Crippen LogP contribution in [0, 0.1) is 0 Å². The number of sulfonamides is 1. The number of rotatable bonds is 3. The zero-order valence-electron chi connectivity index (χ0n) is 9.41. The number of hydrogen-bond acceptors (Lipinski definition) is 4. The predicted octanol–water partition coefficient (Wildman–Crippen LogP) is 0.373. The standard InChI is InChI=1S/C10H12ClN3O3S/c11-7-3-4-9(13-6-7)18(16,17)14-5-1-2-8(14)10(12)15/h3-4,6,8H,1-2,5H2,(H2,12,15)/t8-/m1/s1. The third kappa shape index (κ3) is 2.33. The van der Waals surface area contributed by atoms with E-state index in [2.05, 4.69) is 4.98 Å². The van der Waals surface area contributed by atoms with Gasteiger partial charge >= 0.3 is 0 Å². The van der Waals surface area contributed by atoms with Crippen LogP contribution in [0.1, 0.15) is 12.8 Å². The molecule has 0 radical (unpaired) electrons. The van der Waals surface area contributed by atoms with Crippen LogP contribution in [0.15, 0.2) is 23.4 Å². The Kier molecular flexibility index (Phi) is 3.56. The maximum absolute atomic E-state index is 12.3. The smallest absolute Gasteiger partial charge is 0.261 e. The number of hydrogen-bond donors (Lipinski definition) is 1. The monoisotopic (exact) mass is 289 g/mol. The van der Waals surface area contributed by atoms with E-state index in [0.717, 1.165) is 4.31 Å². The van der Waals surface area contributed by atoms with Crippen molar-refractivity contribution in [1.29, 1.82) is 0 Å². The molecule has 18 heavy (non-hydrogen) atoms. The molecular formula is C10H12ClN3O3S. The van der Waals surface area contributed by atoms with Crippen molar-refractivity contribution in [2.75, 3.05) is 6.54 Å². The molecule has 0 spiro atoms. The maximum Gasteiger partial charge on any atom is 0.261 e. The molecule has 0 unspecified atom stereocenters. The highest BCUT2D eigenvalue weighted by atomic mass is 35.5. The van der Waals surface area contributed by atoms with Gasteiger partial charge in [0.05, 0.1) is 5.02 Å². The number of pyridine rings is 1. The molecule has 2 heterocycles. The lowest BCUT2D eigenvalue weighted by molar-refractivity contribution is -0.121. The van der Waals surface area contributed by atoms with Gasteiger partial charge in [-0.3, -0.25) is 4.79 Å². The van der Waals surface area contributed by atoms with Gasteiger partial charge in [0.2, 0.25) is 5.91 Å². The van der Waals surface area contributed by atoms with Gasteiger partial charge in [-0.25, -0.2) is 13.4 Å². The third-order valence-corrected chi connectivity index (χ3v) is 4.85. The number of aromatic nitrogens is 1. The fraction of sp³-hybridized carbons (Fsp3) is 0.400. The molecule has 1 aromatic heterocycles. The minimum Gasteiger partial charge on any atom is -0.368 e. The minimum absolute atomic E-state index is 0.125. The van der Waals surface area contributed by atoms with E-state index in [4.69, 9.17) is 17.3 Å². The SMILES string of the molecule is NC(=O)[C@H]1CCCN1S(=O)(=O)c1ccc(Cl)cn1. The first-order chi connectivity index (χ1) is 8.43. The summed E-state index contributed by atoms with van der Waals surface area (Å²) in [6.07, 6.45) is 2.31. The Morgan fingerprint density at radius 1 is 1.50 bits per heavy atom. The van der Waals surface area contributed by atoms with E-state index in [1.54, 1.807) is 0 Å². The molecule has 0 bridgehead atoms. The van der Waals surface area contributed by atoms with E-state index in [1.165, 1.54) is 18.3 Å². The molecule has 1 amide bonds. The lowest BCUT2D eigenvalue weighted by Gasteiger charge is -2.20. The lowest BCUT2D eigenvalue weighted by Crippen LogP contribution is -2.43. The summed E-state index contributed by atoms with van der Waals surface area (Å²) in [6, 6.07) is 1.97. The van der Waals surface area contributed by atoms with Crippen molar-refractivity contribution >= 4 is 27.5 Å². The van der Waals surface area contributed by atoms with Crippen molar-refractivity contribution in [2.24, 2.45) is 5.73 Å². The molecule has 2 N–H and O–H groups in total. The van der Waals surface area contributed by atoms with Gasteiger partial charge in [0.1, 0.15) is 6.04 Å². The molecule has 1 aliphatic heterocycles. The van der Waals surface area contributed by atoms with Crippen LogP contribution in [-0.2, 0) is 14.8 Å². The zero-order valence-corrected chi connectivity index (χ0v) is 11.0. The van der Waals surface area contributed by atoms with E-state index in [1.807, 2.05) is 0 Å². The normalized spacial score (nSPS) is 21.1. The molecule has 1 aliphatic rings. The molecule has 0 saturated carbocycles. The van der Waals surface area contributed by atoms with Gasteiger partial charge < -0.3 is 5.73 Å². The van der Waals surface area contributed by atoms with Crippen LogP contribution in [0.3, 0.4) is 0 Å². The topological polar surface area (TPSA) is 93.4 Å². The molecule has 0 aliphatic carbocycles. The van der Waals surface area contributed by atoms with Crippen LogP contribution in [0.25, 0.3) is 0 Å². The highest BCUT2D eigenvalue weighted by Crippen LogP contribution is 2.25. The molecular weight excluding hydrogens is 278 g/mol. The Labute approximate surface area is 110 Å². The average Bonchev–Trinajstić information content (AvgIpc) is 2.79. The minimum atomic E-state index is -3.79. The summed E-state index contributed by atoms with van der Waals surface area (Å²) in [5.41, 5.74) is 5.20. The van der Waals surface area contributed by atoms with Gasteiger partial charge in [-0.1, -0.05) is 11.6 Å². The number of nitrogens with zero attached hydrogens (tertiary/aromatic N) is 2. The summed E-state index contributed by atoms with van der Waals surface area (Å²) in [7, 11) is -3.79. The first-order valence-corrected chi connectivity index (χ1v) is 7.17. The van der Waals surface area contributed by atoms with Crippen molar-refractivity contribution in [2.45, 2.75) is 23.9 Å². The van der Waals surface area contributed by atoms with Gasteiger partial charge in [0.25, 0.3) is 10.0 Å². The van der Waals surface area contributed by atoms with Crippen molar-refractivity contribution in [1.82, 2.24) is 9.29 Å². The fourth-order valence-electron chi connectivity index (χ4n) is 1.95. The summed E-state index contributed by atoms with van der Waals surface area (Å²) in [4.78, 5) is 15.0. The van der Waals surface area contributed by atoms with Crippen molar-refractivity contribution in [3.8, 4) is 0 Å². The number of nitrogens with two attached hydrogens (primary N) is 1. The number of carbonyl (C=O) groups is 1. The van der Waals surface area contributed by atoms with E-state index >= 15 is 0 Å². The predicted molar refractivity (Wildman–Crippen MR) is 65.4 cm³/mol. The molecule has 6 nitrogen and oxygen atoms in total. The summed E-state index contributed by atoms with van der Waals surface area (Å²) >= 11 is 5.66. The van der Waals surface area contributed by atoms with E-state index < -0.39 is 22.0 Å². The van der Waals surface area contributed by atoms with Gasteiger partial charge in [-0.2, -0.15) is 4.31 Å². The van der Waals surface area contributed by atoms with E-state index in [-0.39, 0.29) is 11.6 Å². The Morgan fingerprint density at radius 3 is 2.78 bits per heavy atom. The number of amides is 1. The average molecular weight is 290 g/mol. The zero-order chi connectivity index (χ0) is 13.3. The van der Waals surface area contributed by atoms with E-state index in [9.17, 15) is 13.2 Å². The molecule has 0 aromatic carbocycles. The molecule has 1 saturated heterocycles. The van der Waals surface area contributed by atoms with Gasteiger partial charge in [-0.15, -0.1) is 0 Å². The number of primary amides is 1. The Morgan fingerprint density at radius 2 is 2.22 bits per heavy atom. The first-order valence-electron chi connectivity index (χ1n) is 5.35. The van der Waals surface area contributed by atoms with Gasteiger partial charge in [-0.05, 0) is 25.0 Å². The second-order valence-corrected chi connectivity index (χ2v) is 6.26. The summed E-state index contributed by atoms with van der Waals surface area (Å²) in [5, 5.41) is 0.224. The van der Waals surface area contributed by atoms with Crippen molar-refractivity contribution < 1.29 is 13.2 Å². The van der Waals surface area contributed by atoms with Crippen LogP contribution in [-0.4, -0.2) is 36.2 Å². The quantitative estimate of drug-likeness (QED) is 0.870. The maximum atomic E-state index is 12.3. The molecule has 1 atom stereocenters. The summed E-state index contributed by atoms with van der Waals surface area (Å²) in [5.74, 6) is -0.634. The molecule has 1 aromatic rings. The van der Waals surface area contributed by atoms with Gasteiger partial charge in [0.15, 0.2) is 5.03 Å². The van der Waals surface area contributed by atoms with Crippen LogP contribution < -0.4 is 5.73 Å². The Bertz CT molecular complexity index is 558. The highest BCUT2D eigenvalue weighted by Gasteiger charge is 2.38. The van der Waals surface area contributed by atoms with Gasteiger partial charge in [0, 0.05) is 12.7 Å². The molecule has 2 rings (SSSR count). The number of carbonyl (C=O) groups excluding carboxylic acids is 1. The van der Waals surface area contributed by atoms with E-state index in [0.29, 0.717) is 17.9 Å². The Balaban J connectivity index is 2.36. The largest absolute Gasteiger partial charge is 0.368 e. The molecule has 98 valence electrons. The Hall–Kier alpha value is -1.18. The highest BCUT2D eigenvalue weighted by molar-refractivity contribution is 7.89.